The number of amides is 1. The third-order valence-electron chi connectivity index (χ3n) is 3.05. The fourth-order valence-electron chi connectivity index (χ4n) is 2.07. The molecule has 0 radical (unpaired) electrons. The Morgan fingerprint density at radius 1 is 1.32 bits per heavy atom. The lowest BCUT2D eigenvalue weighted by molar-refractivity contribution is 0.0744. The highest BCUT2D eigenvalue weighted by atomic mass is 79.9. The van der Waals surface area contributed by atoms with E-state index < -0.39 is 0 Å². The average molecular weight is 338 g/mol. The zero-order valence-electron chi connectivity index (χ0n) is 10.1. The van der Waals surface area contributed by atoms with Gasteiger partial charge in [-0.3, -0.25) is 4.79 Å². The summed E-state index contributed by atoms with van der Waals surface area (Å²) in [4.78, 5) is 15.5. The normalized spacial score (nSPS) is 14.8. The van der Waals surface area contributed by atoms with Crippen LogP contribution in [0.1, 0.15) is 15.2 Å². The number of halogens is 1. The van der Waals surface area contributed by atoms with Crippen molar-refractivity contribution in [3.05, 3.63) is 50.6 Å². The van der Waals surface area contributed by atoms with Crippen molar-refractivity contribution in [1.29, 1.82) is 0 Å². The highest BCUT2D eigenvalue weighted by Gasteiger charge is 2.23. The van der Waals surface area contributed by atoms with Gasteiger partial charge in [0.1, 0.15) is 12.4 Å². The second kappa shape index (κ2) is 5.35. The van der Waals surface area contributed by atoms with Crippen LogP contribution in [0.5, 0.6) is 5.75 Å². The Labute approximate surface area is 123 Å². The van der Waals surface area contributed by atoms with Gasteiger partial charge in [-0.1, -0.05) is 12.1 Å². The van der Waals surface area contributed by atoms with Crippen LogP contribution in [0.15, 0.2) is 40.2 Å². The van der Waals surface area contributed by atoms with Crippen molar-refractivity contribution in [2.24, 2.45) is 0 Å². The van der Waals surface area contributed by atoms with Gasteiger partial charge in [0.05, 0.1) is 18.7 Å². The number of thiophene rings is 1. The summed E-state index contributed by atoms with van der Waals surface area (Å²) in [5.41, 5.74) is 0.646. The summed E-state index contributed by atoms with van der Waals surface area (Å²) in [5.74, 6) is 0.716. The van der Waals surface area contributed by atoms with Gasteiger partial charge in [0.15, 0.2) is 0 Å². The number of carbonyl (C=O) groups excluding carboxylic acids is 1. The first-order valence-corrected chi connectivity index (χ1v) is 7.66. The summed E-state index contributed by atoms with van der Waals surface area (Å²) in [6.45, 7) is 1.76. The van der Waals surface area contributed by atoms with E-state index in [1.807, 2.05) is 40.6 Å². The average Bonchev–Trinajstić information content (AvgIpc) is 2.75. The van der Waals surface area contributed by atoms with E-state index in [0.717, 1.165) is 9.35 Å². The van der Waals surface area contributed by atoms with Gasteiger partial charge >= 0.3 is 0 Å². The van der Waals surface area contributed by atoms with Crippen molar-refractivity contribution in [1.82, 2.24) is 4.90 Å². The molecule has 0 unspecified atom stereocenters. The third-order valence-corrected chi connectivity index (χ3v) is 4.96. The molecule has 1 aromatic carbocycles. The van der Waals surface area contributed by atoms with Gasteiger partial charge in [-0.15, -0.1) is 11.3 Å². The predicted octanol–water partition coefficient (Wildman–Crippen LogP) is 3.55. The van der Waals surface area contributed by atoms with Crippen molar-refractivity contribution in [3.63, 3.8) is 0 Å². The number of benzene rings is 1. The van der Waals surface area contributed by atoms with E-state index in [4.69, 9.17) is 4.74 Å². The number of fused-ring (bicyclic) bond motifs is 1. The first-order valence-electron chi connectivity index (χ1n) is 5.98. The number of hydrogen-bond donors (Lipinski definition) is 0. The standard InChI is InChI=1S/C14H12BrNO2S/c15-11-5-8-19-13(11)9-16-6-7-18-12-4-2-1-3-10(12)14(16)17/h1-5,8H,6-7,9H2. The van der Waals surface area contributed by atoms with Crippen LogP contribution in [-0.2, 0) is 6.54 Å². The largest absolute Gasteiger partial charge is 0.491 e. The lowest BCUT2D eigenvalue weighted by Gasteiger charge is -2.19. The van der Waals surface area contributed by atoms with Crippen LogP contribution in [-0.4, -0.2) is 24.0 Å². The van der Waals surface area contributed by atoms with Gasteiger partial charge < -0.3 is 9.64 Å². The molecule has 19 heavy (non-hydrogen) atoms. The fraction of sp³-hybridized carbons (Fsp3) is 0.214. The summed E-state index contributed by atoms with van der Waals surface area (Å²) in [6, 6.07) is 9.42. The topological polar surface area (TPSA) is 29.5 Å². The Bertz CT molecular complexity index is 611. The molecule has 0 N–H and O–H groups in total. The minimum Gasteiger partial charge on any atom is -0.491 e. The summed E-state index contributed by atoms with van der Waals surface area (Å²) in [7, 11) is 0. The van der Waals surface area contributed by atoms with Crippen LogP contribution in [0, 0.1) is 0 Å². The molecule has 2 aromatic rings. The summed E-state index contributed by atoms with van der Waals surface area (Å²) in [5, 5.41) is 2.02. The molecule has 1 aliphatic heterocycles. The van der Waals surface area contributed by atoms with Crippen LogP contribution in [0.3, 0.4) is 0 Å². The molecule has 1 aliphatic rings. The quantitative estimate of drug-likeness (QED) is 0.838. The molecule has 0 aliphatic carbocycles. The summed E-state index contributed by atoms with van der Waals surface area (Å²) in [6.07, 6.45) is 0. The lowest BCUT2D eigenvalue weighted by atomic mass is 10.2. The first-order chi connectivity index (χ1) is 9.25. The lowest BCUT2D eigenvalue weighted by Crippen LogP contribution is -2.31. The van der Waals surface area contributed by atoms with Crippen LogP contribution in [0.4, 0.5) is 0 Å². The SMILES string of the molecule is O=C1c2ccccc2OCCN1Cc1sccc1Br. The third kappa shape index (κ3) is 2.53. The minimum atomic E-state index is 0.0356. The van der Waals surface area contributed by atoms with Crippen molar-refractivity contribution < 1.29 is 9.53 Å². The zero-order chi connectivity index (χ0) is 13.2. The maximum absolute atomic E-state index is 12.5. The first kappa shape index (κ1) is 12.7. The van der Waals surface area contributed by atoms with Crippen LogP contribution in [0.2, 0.25) is 0 Å². The van der Waals surface area contributed by atoms with Crippen molar-refractivity contribution in [2.45, 2.75) is 6.54 Å². The van der Waals surface area contributed by atoms with Crippen LogP contribution in [0.25, 0.3) is 0 Å². The number of hydrogen-bond acceptors (Lipinski definition) is 3. The molecule has 0 fully saturated rings. The molecule has 1 aromatic heterocycles. The molecule has 3 rings (SSSR count). The van der Waals surface area contributed by atoms with Gasteiger partial charge in [0, 0.05) is 9.35 Å². The van der Waals surface area contributed by atoms with Crippen LogP contribution < -0.4 is 4.74 Å². The maximum atomic E-state index is 12.5. The smallest absolute Gasteiger partial charge is 0.258 e. The highest BCUT2D eigenvalue weighted by Crippen LogP contribution is 2.27. The molecule has 3 nitrogen and oxygen atoms in total. The van der Waals surface area contributed by atoms with Gasteiger partial charge in [-0.05, 0) is 39.5 Å². The van der Waals surface area contributed by atoms with Gasteiger partial charge in [-0.2, -0.15) is 0 Å². The van der Waals surface area contributed by atoms with Crippen molar-refractivity contribution in [2.75, 3.05) is 13.2 Å². The Morgan fingerprint density at radius 2 is 2.16 bits per heavy atom. The molecule has 0 saturated heterocycles. The molecule has 98 valence electrons. The van der Waals surface area contributed by atoms with Gasteiger partial charge in [0.25, 0.3) is 5.91 Å². The number of rotatable bonds is 2. The van der Waals surface area contributed by atoms with E-state index in [2.05, 4.69) is 15.9 Å². The van der Waals surface area contributed by atoms with E-state index >= 15 is 0 Å². The number of ether oxygens (including phenoxy) is 1. The van der Waals surface area contributed by atoms with E-state index in [1.165, 1.54) is 0 Å². The fourth-order valence-corrected chi connectivity index (χ4v) is 3.56. The summed E-state index contributed by atoms with van der Waals surface area (Å²) < 4.78 is 6.69. The zero-order valence-corrected chi connectivity index (χ0v) is 12.5. The number of para-hydroxylation sites is 1. The van der Waals surface area contributed by atoms with Crippen LogP contribution >= 0.6 is 27.3 Å². The summed E-state index contributed by atoms with van der Waals surface area (Å²) >= 11 is 5.16. The molecule has 5 heteroatoms. The number of carbonyl (C=O) groups is 1. The monoisotopic (exact) mass is 337 g/mol. The minimum absolute atomic E-state index is 0.0356. The Kier molecular flexibility index (Phi) is 3.57. The molecule has 0 spiro atoms. The van der Waals surface area contributed by atoms with E-state index in [0.29, 0.717) is 31.0 Å². The molecule has 0 saturated carbocycles. The molecule has 1 amide bonds. The maximum Gasteiger partial charge on any atom is 0.258 e. The van der Waals surface area contributed by atoms with Gasteiger partial charge in [0.2, 0.25) is 0 Å². The van der Waals surface area contributed by atoms with Crippen molar-refractivity contribution in [3.8, 4) is 5.75 Å². The predicted molar refractivity (Wildman–Crippen MR) is 78.7 cm³/mol. The van der Waals surface area contributed by atoms with E-state index in [1.54, 1.807) is 11.3 Å². The van der Waals surface area contributed by atoms with Gasteiger partial charge in [-0.25, -0.2) is 0 Å². The van der Waals surface area contributed by atoms with E-state index in [-0.39, 0.29) is 5.91 Å². The molecule has 0 bridgehead atoms. The highest BCUT2D eigenvalue weighted by molar-refractivity contribution is 9.10. The molecule has 0 atom stereocenters. The molecule has 2 heterocycles. The Morgan fingerprint density at radius 3 is 2.95 bits per heavy atom. The molecular formula is C14H12BrNO2S. The number of nitrogens with zero attached hydrogens (tertiary/aromatic N) is 1. The molecular weight excluding hydrogens is 326 g/mol. The Balaban J connectivity index is 1.88. The second-order valence-electron chi connectivity index (χ2n) is 4.26. The van der Waals surface area contributed by atoms with Crippen molar-refractivity contribution >= 4 is 33.2 Å². The Hall–Kier alpha value is -1.33. The van der Waals surface area contributed by atoms with E-state index in [9.17, 15) is 4.79 Å². The second-order valence-corrected chi connectivity index (χ2v) is 6.12.